The molecule has 0 unspecified atom stereocenters. The van der Waals surface area contributed by atoms with Crippen LogP contribution in [-0.4, -0.2) is 22.6 Å². The summed E-state index contributed by atoms with van der Waals surface area (Å²) in [6.07, 6.45) is 9.47. The van der Waals surface area contributed by atoms with E-state index in [0.717, 1.165) is 18.3 Å². The van der Waals surface area contributed by atoms with E-state index in [9.17, 15) is 0 Å². The van der Waals surface area contributed by atoms with Crippen LogP contribution in [0.3, 0.4) is 0 Å². The number of rotatable bonds is 1. The Kier molecular flexibility index (Phi) is 3.29. The minimum absolute atomic E-state index is 0.312. The predicted octanol–water partition coefficient (Wildman–Crippen LogP) is 2.87. The lowest BCUT2D eigenvalue weighted by molar-refractivity contribution is 0.243. The molecule has 2 fully saturated rings. The van der Waals surface area contributed by atoms with Crippen molar-refractivity contribution >= 4 is 23.4 Å². The fourth-order valence-electron chi connectivity index (χ4n) is 3.46. The van der Waals surface area contributed by atoms with Crippen LogP contribution in [0.5, 0.6) is 0 Å². The van der Waals surface area contributed by atoms with Gasteiger partial charge in [-0.15, -0.1) is 0 Å². The first-order valence-electron chi connectivity index (χ1n) is 6.80. The molecule has 1 saturated heterocycles. The number of hydrogen-bond donors (Lipinski definition) is 1. The Morgan fingerprint density at radius 1 is 1.22 bits per heavy atom. The summed E-state index contributed by atoms with van der Waals surface area (Å²) in [7, 11) is 0. The van der Waals surface area contributed by atoms with Crippen LogP contribution in [0.4, 0.5) is 11.8 Å². The van der Waals surface area contributed by atoms with E-state index in [-0.39, 0.29) is 0 Å². The number of piperidine rings is 1. The molecule has 18 heavy (non-hydrogen) atoms. The monoisotopic (exact) mass is 266 g/mol. The summed E-state index contributed by atoms with van der Waals surface area (Å²) in [6, 6.07) is 0.597. The van der Waals surface area contributed by atoms with Crippen LogP contribution in [0.15, 0.2) is 6.20 Å². The molecular formula is C13H19ClN4. The topological polar surface area (TPSA) is 55.0 Å². The number of aromatic nitrogens is 2. The Labute approximate surface area is 113 Å². The predicted molar refractivity (Wildman–Crippen MR) is 73.8 cm³/mol. The van der Waals surface area contributed by atoms with Gasteiger partial charge in [0.15, 0.2) is 5.82 Å². The van der Waals surface area contributed by atoms with Crippen LogP contribution >= 0.6 is 11.6 Å². The van der Waals surface area contributed by atoms with Crippen LogP contribution in [-0.2, 0) is 0 Å². The van der Waals surface area contributed by atoms with Crippen molar-refractivity contribution in [2.45, 2.75) is 44.6 Å². The van der Waals surface area contributed by atoms with Gasteiger partial charge in [0.25, 0.3) is 0 Å². The van der Waals surface area contributed by atoms with E-state index < -0.39 is 0 Å². The molecule has 2 N–H and O–H groups in total. The molecule has 0 amide bonds. The lowest BCUT2D eigenvalue weighted by Crippen LogP contribution is -2.47. The van der Waals surface area contributed by atoms with E-state index in [1.54, 1.807) is 6.20 Å². The van der Waals surface area contributed by atoms with Crippen molar-refractivity contribution < 1.29 is 0 Å². The van der Waals surface area contributed by atoms with Crippen molar-refractivity contribution in [2.75, 3.05) is 17.2 Å². The maximum Gasteiger partial charge on any atom is 0.222 e. The Bertz CT molecular complexity index is 435. The van der Waals surface area contributed by atoms with E-state index >= 15 is 0 Å². The highest BCUT2D eigenvalue weighted by Gasteiger charge is 2.34. The number of fused-ring (bicyclic) bond motifs is 1. The summed E-state index contributed by atoms with van der Waals surface area (Å²) in [5.41, 5.74) is 5.69. The molecule has 0 bridgehead atoms. The van der Waals surface area contributed by atoms with Crippen LogP contribution < -0.4 is 10.6 Å². The van der Waals surface area contributed by atoms with Gasteiger partial charge in [-0.25, -0.2) is 4.98 Å². The molecule has 2 aliphatic rings. The standard InChI is InChI=1S/C13H19ClN4/c14-10-8-16-13(15)17-12(10)18-7-3-5-9-4-1-2-6-11(9)18/h8-9,11H,1-7H2,(H2,15,16,17)/t9-,11-/m1/s1. The minimum Gasteiger partial charge on any atom is -0.368 e. The molecule has 0 aromatic carbocycles. The van der Waals surface area contributed by atoms with E-state index in [2.05, 4.69) is 14.9 Å². The van der Waals surface area contributed by atoms with Crippen molar-refractivity contribution in [2.24, 2.45) is 5.92 Å². The average Bonchev–Trinajstić information content (AvgIpc) is 2.41. The first kappa shape index (κ1) is 12.0. The molecule has 2 atom stereocenters. The third-order valence-electron chi connectivity index (χ3n) is 4.26. The van der Waals surface area contributed by atoms with E-state index in [1.165, 1.54) is 38.5 Å². The minimum atomic E-state index is 0.312. The lowest BCUT2D eigenvalue weighted by atomic mass is 9.78. The van der Waals surface area contributed by atoms with Crippen molar-refractivity contribution in [1.29, 1.82) is 0 Å². The Balaban J connectivity index is 1.91. The fraction of sp³-hybridized carbons (Fsp3) is 0.692. The van der Waals surface area contributed by atoms with Gasteiger partial charge in [0, 0.05) is 12.6 Å². The molecule has 5 heteroatoms. The van der Waals surface area contributed by atoms with Gasteiger partial charge < -0.3 is 10.6 Å². The number of nitrogens with two attached hydrogens (primary N) is 1. The number of hydrogen-bond acceptors (Lipinski definition) is 4. The van der Waals surface area contributed by atoms with Gasteiger partial charge in [0.1, 0.15) is 5.02 Å². The van der Waals surface area contributed by atoms with Gasteiger partial charge in [-0.1, -0.05) is 24.4 Å². The maximum atomic E-state index is 6.24. The number of nitrogen functional groups attached to an aromatic ring is 1. The summed E-state index contributed by atoms with van der Waals surface area (Å²) in [5, 5.41) is 0.621. The number of nitrogens with zero attached hydrogens (tertiary/aromatic N) is 3. The molecule has 1 saturated carbocycles. The van der Waals surface area contributed by atoms with Gasteiger partial charge in [0.05, 0.1) is 6.20 Å². The zero-order chi connectivity index (χ0) is 12.5. The highest BCUT2D eigenvalue weighted by molar-refractivity contribution is 6.32. The summed E-state index contributed by atoms with van der Waals surface area (Å²) in [5.74, 6) is 1.95. The summed E-state index contributed by atoms with van der Waals surface area (Å²) >= 11 is 6.24. The van der Waals surface area contributed by atoms with Crippen LogP contribution in [0.1, 0.15) is 38.5 Å². The third-order valence-corrected chi connectivity index (χ3v) is 4.53. The molecule has 3 rings (SSSR count). The van der Waals surface area contributed by atoms with Crippen molar-refractivity contribution in [1.82, 2.24) is 9.97 Å². The van der Waals surface area contributed by atoms with Gasteiger partial charge >= 0.3 is 0 Å². The average molecular weight is 267 g/mol. The second-order valence-corrected chi connectivity index (χ2v) is 5.75. The fourth-order valence-corrected chi connectivity index (χ4v) is 3.66. The molecule has 0 spiro atoms. The Morgan fingerprint density at radius 2 is 2.00 bits per heavy atom. The molecular weight excluding hydrogens is 248 g/mol. The van der Waals surface area contributed by atoms with Gasteiger partial charge in [-0.05, 0) is 31.6 Å². The number of anilines is 2. The molecule has 0 radical (unpaired) electrons. The smallest absolute Gasteiger partial charge is 0.222 e. The molecule has 4 nitrogen and oxygen atoms in total. The van der Waals surface area contributed by atoms with Crippen LogP contribution in [0.2, 0.25) is 5.02 Å². The maximum absolute atomic E-state index is 6.24. The summed E-state index contributed by atoms with van der Waals surface area (Å²) in [4.78, 5) is 10.7. The normalized spacial score (nSPS) is 27.9. The van der Waals surface area contributed by atoms with E-state index in [4.69, 9.17) is 17.3 Å². The van der Waals surface area contributed by atoms with Gasteiger partial charge in [-0.2, -0.15) is 4.98 Å². The first-order valence-corrected chi connectivity index (χ1v) is 7.18. The summed E-state index contributed by atoms with van der Waals surface area (Å²) in [6.45, 7) is 1.04. The van der Waals surface area contributed by atoms with Crippen LogP contribution in [0, 0.1) is 5.92 Å². The zero-order valence-corrected chi connectivity index (χ0v) is 11.2. The second kappa shape index (κ2) is 4.92. The molecule has 1 aliphatic heterocycles. The third kappa shape index (κ3) is 2.14. The first-order chi connectivity index (χ1) is 8.75. The molecule has 98 valence electrons. The second-order valence-electron chi connectivity index (χ2n) is 5.35. The molecule has 1 aromatic rings. The van der Waals surface area contributed by atoms with Gasteiger partial charge in [-0.3, -0.25) is 0 Å². The molecule has 2 heterocycles. The number of halogens is 1. The molecule has 1 aliphatic carbocycles. The lowest BCUT2D eigenvalue weighted by Gasteiger charge is -2.45. The van der Waals surface area contributed by atoms with E-state index in [1.807, 2.05) is 0 Å². The summed E-state index contributed by atoms with van der Waals surface area (Å²) < 4.78 is 0. The highest BCUT2D eigenvalue weighted by atomic mass is 35.5. The van der Waals surface area contributed by atoms with Crippen LogP contribution in [0.25, 0.3) is 0 Å². The Hall–Kier alpha value is -1.03. The van der Waals surface area contributed by atoms with Gasteiger partial charge in [0.2, 0.25) is 5.95 Å². The highest BCUT2D eigenvalue weighted by Crippen LogP contribution is 2.38. The van der Waals surface area contributed by atoms with Crippen molar-refractivity contribution in [3.05, 3.63) is 11.2 Å². The largest absolute Gasteiger partial charge is 0.368 e. The van der Waals surface area contributed by atoms with E-state index in [0.29, 0.717) is 17.0 Å². The Morgan fingerprint density at radius 3 is 2.89 bits per heavy atom. The van der Waals surface area contributed by atoms with Crippen molar-refractivity contribution in [3.63, 3.8) is 0 Å². The SMILES string of the molecule is Nc1ncc(Cl)c(N2CCC[C@H]3CCCC[C@H]32)n1. The molecule has 1 aromatic heterocycles. The van der Waals surface area contributed by atoms with Crippen molar-refractivity contribution in [3.8, 4) is 0 Å². The quantitative estimate of drug-likeness (QED) is 0.849. The zero-order valence-electron chi connectivity index (χ0n) is 10.5.